The van der Waals surface area contributed by atoms with E-state index in [4.69, 9.17) is 10.6 Å². The van der Waals surface area contributed by atoms with Gasteiger partial charge in [-0.15, -0.1) is 0 Å². The van der Waals surface area contributed by atoms with E-state index in [1.807, 2.05) is 0 Å². The quantitative estimate of drug-likeness (QED) is 0.453. The predicted molar refractivity (Wildman–Crippen MR) is 57.6 cm³/mol. The zero-order valence-electron chi connectivity index (χ0n) is 8.65. The van der Waals surface area contributed by atoms with Crippen molar-refractivity contribution < 1.29 is 9.90 Å². The highest BCUT2D eigenvalue weighted by Gasteiger charge is 2.09. The molecule has 1 unspecified atom stereocenters. The van der Waals surface area contributed by atoms with Crippen LogP contribution in [-0.4, -0.2) is 16.1 Å². The molecule has 1 aromatic heterocycles. The van der Waals surface area contributed by atoms with Crippen LogP contribution in [0.5, 0.6) is 0 Å². The molecule has 0 saturated carbocycles. The summed E-state index contributed by atoms with van der Waals surface area (Å²) in [6.07, 6.45) is 4.34. The summed E-state index contributed by atoms with van der Waals surface area (Å²) in [4.78, 5) is 17.0. The molecule has 0 aliphatic carbocycles. The number of carboxylic acid groups (broad SMARTS) is 1. The minimum Gasteiger partial charge on any atom is -0.481 e. The summed E-state index contributed by atoms with van der Waals surface area (Å²) in [7, 11) is 0. The van der Waals surface area contributed by atoms with E-state index in [0.717, 1.165) is 5.56 Å². The molecule has 0 saturated heterocycles. The van der Waals surface area contributed by atoms with Crippen LogP contribution in [0.1, 0.15) is 30.9 Å². The van der Waals surface area contributed by atoms with E-state index in [1.165, 1.54) is 0 Å². The van der Waals surface area contributed by atoms with Gasteiger partial charge in [-0.05, 0) is 36.1 Å². The van der Waals surface area contributed by atoms with Gasteiger partial charge in [-0.2, -0.15) is 0 Å². The first-order valence-electron chi connectivity index (χ1n) is 4.90. The summed E-state index contributed by atoms with van der Waals surface area (Å²) in [5.41, 5.74) is 9.29. The first-order valence-corrected chi connectivity index (χ1v) is 4.90. The second-order valence-electron chi connectivity index (χ2n) is 3.29. The van der Waals surface area contributed by atoms with E-state index in [0.29, 0.717) is 12.8 Å². The number of aliphatic carboxylic acids is 1. The van der Waals surface area contributed by atoms with E-state index < -0.39 is 5.97 Å². The molecule has 0 spiro atoms. The lowest BCUT2D eigenvalue weighted by molar-refractivity contribution is -0.137. The Balaban J connectivity index is 2.62. The van der Waals surface area contributed by atoms with Gasteiger partial charge in [-0.3, -0.25) is 9.78 Å². The van der Waals surface area contributed by atoms with Crippen molar-refractivity contribution in [1.29, 1.82) is 0 Å². The molecule has 0 fully saturated rings. The Bertz CT molecular complexity index is 387. The molecular weight excluding hydrogens is 208 g/mol. The molecule has 0 aliphatic heterocycles. The summed E-state index contributed by atoms with van der Waals surface area (Å²) in [5.74, 6) is -0.839. The van der Waals surface area contributed by atoms with E-state index in [9.17, 15) is 4.79 Å². The highest BCUT2D eigenvalue weighted by molar-refractivity contribution is 5.66. The number of hydrogen-bond acceptors (Lipinski definition) is 3. The Morgan fingerprint density at radius 1 is 1.56 bits per heavy atom. The van der Waals surface area contributed by atoms with Crippen LogP contribution in [0.2, 0.25) is 0 Å². The largest absolute Gasteiger partial charge is 0.481 e. The number of hydrogen-bond donors (Lipinski definition) is 1. The molecule has 1 rings (SSSR count). The molecule has 84 valence electrons. The predicted octanol–water partition coefficient (Wildman–Crippen LogP) is 2.69. The van der Waals surface area contributed by atoms with Crippen molar-refractivity contribution in [2.24, 2.45) is 5.11 Å². The van der Waals surface area contributed by atoms with Gasteiger partial charge < -0.3 is 5.11 Å². The first-order chi connectivity index (χ1) is 7.74. The number of azide groups is 1. The number of rotatable bonds is 6. The van der Waals surface area contributed by atoms with Gasteiger partial charge in [-0.25, -0.2) is 0 Å². The Morgan fingerprint density at radius 3 is 2.81 bits per heavy atom. The Kier molecular flexibility index (Phi) is 4.82. The molecule has 0 radical (unpaired) electrons. The lowest BCUT2D eigenvalue weighted by Gasteiger charge is -2.09. The van der Waals surface area contributed by atoms with Crippen LogP contribution in [0, 0.1) is 0 Å². The normalized spacial score (nSPS) is 11.5. The molecule has 0 aromatic carbocycles. The van der Waals surface area contributed by atoms with Crippen molar-refractivity contribution >= 4 is 5.97 Å². The second-order valence-corrected chi connectivity index (χ2v) is 3.29. The van der Waals surface area contributed by atoms with Crippen molar-refractivity contribution in [3.05, 3.63) is 40.5 Å². The zero-order chi connectivity index (χ0) is 11.8. The Labute approximate surface area is 92.6 Å². The molecule has 1 aromatic rings. The standard InChI is InChI=1S/C10H12N4O2/c11-14-13-9(2-1-3-10(15)16)8-4-6-12-7-5-8/h4-7,9H,1-3H2,(H,15,16). The monoisotopic (exact) mass is 220 g/mol. The fourth-order valence-corrected chi connectivity index (χ4v) is 1.39. The van der Waals surface area contributed by atoms with E-state index in [-0.39, 0.29) is 12.5 Å². The van der Waals surface area contributed by atoms with Gasteiger partial charge >= 0.3 is 5.97 Å². The molecule has 1 heterocycles. The van der Waals surface area contributed by atoms with E-state index in [1.54, 1.807) is 24.5 Å². The highest BCUT2D eigenvalue weighted by Crippen LogP contribution is 2.22. The molecule has 0 aliphatic rings. The zero-order valence-corrected chi connectivity index (χ0v) is 8.65. The number of carbonyl (C=O) groups is 1. The summed E-state index contributed by atoms with van der Waals surface area (Å²) in [6, 6.07) is 3.22. The number of carboxylic acids is 1. The smallest absolute Gasteiger partial charge is 0.303 e. The van der Waals surface area contributed by atoms with Gasteiger partial charge in [-0.1, -0.05) is 5.11 Å². The molecule has 1 atom stereocenters. The molecule has 16 heavy (non-hydrogen) atoms. The summed E-state index contributed by atoms with van der Waals surface area (Å²) < 4.78 is 0. The molecule has 0 amide bonds. The van der Waals surface area contributed by atoms with Crippen LogP contribution in [0.3, 0.4) is 0 Å². The van der Waals surface area contributed by atoms with Crippen LogP contribution < -0.4 is 0 Å². The summed E-state index contributed by atoms with van der Waals surface area (Å²) in [6.45, 7) is 0. The van der Waals surface area contributed by atoms with Crippen molar-refractivity contribution in [2.75, 3.05) is 0 Å². The van der Waals surface area contributed by atoms with Crippen LogP contribution in [0.15, 0.2) is 29.6 Å². The number of nitrogens with zero attached hydrogens (tertiary/aromatic N) is 4. The van der Waals surface area contributed by atoms with Crippen molar-refractivity contribution in [3.63, 3.8) is 0 Å². The van der Waals surface area contributed by atoms with Gasteiger partial charge in [0.2, 0.25) is 0 Å². The van der Waals surface area contributed by atoms with Crippen LogP contribution in [-0.2, 0) is 4.79 Å². The van der Waals surface area contributed by atoms with E-state index >= 15 is 0 Å². The van der Waals surface area contributed by atoms with Gasteiger partial charge in [0, 0.05) is 23.7 Å². The minimum absolute atomic E-state index is 0.0858. The fraction of sp³-hybridized carbons (Fsp3) is 0.400. The van der Waals surface area contributed by atoms with Crippen molar-refractivity contribution in [1.82, 2.24) is 4.98 Å². The Hall–Kier alpha value is -2.07. The SMILES string of the molecule is [N-]=[N+]=NC(CCCC(=O)O)c1ccncc1. The number of aromatic nitrogens is 1. The van der Waals surface area contributed by atoms with Crippen LogP contribution in [0.25, 0.3) is 10.4 Å². The first kappa shape index (κ1) is 12.0. The third-order valence-electron chi connectivity index (χ3n) is 2.15. The van der Waals surface area contributed by atoms with E-state index in [2.05, 4.69) is 15.0 Å². The molecular formula is C10H12N4O2. The molecule has 6 nitrogen and oxygen atoms in total. The summed E-state index contributed by atoms with van der Waals surface area (Å²) in [5, 5.41) is 12.2. The highest BCUT2D eigenvalue weighted by atomic mass is 16.4. The number of pyridine rings is 1. The maximum Gasteiger partial charge on any atom is 0.303 e. The lowest BCUT2D eigenvalue weighted by Crippen LogP contribution is -1.99. The van der Waals surface area contributed by atoms with Gasteiger partial charge in [0.05, 0.1) is 6.04 Å². The minimum atomic E-state index is -0.839. The average Bonchev–Trinajstić information content (AvgIpc) is 2.29. The van der Waals surface area contributed by atoms with Gasteiger partial charge in [0.15, 0.2) is 0 Å². The average molecular weight is 220 g/mol. The van der Waals surface area contributed by atoms with Gasteiger partial charge in [0.25, 0.3) is 0 Å². The van der Waals surface area contributed by atoms with Crippen molar-refractivity contribution in [2.45, 2.75) is 25.3 Å². The lowest BCUT2D eigenvalue weighted by atomic mass is 10.0. The maximum absolute atomic E-state index is 10.4. The molecule has 0 bridgehead atoms. The van der Waals surface area contributed by atoms with Gasteiger partial charge in [0.1, 0.15) is 0 Å². The molecule has 6 heteroatoms. The van der Waals surface area contributed by atoms with Crippen LogP contribution >= 0.6 is 0 Å². The second kappa shape index (κ2) is 6.42. The molecule has 1 N–H and O–H groups in total. The third-order valence-corrected chi connectivity index (χ3v) is 2.15. The maximum atomic E-state index is 10.4. The third kappa shape index (κ3) is 3.98. The fourth-order valence-electron chi connectivity index (χ4n) is 1.39. The van der Waals surface area contributed by atoms with Crippen molar-refractivity contribution in [3.8, 4) is 0 Å². The van der Waals surface area contributed by atoms with Crippen LogP contribution in [0.4, 0.5) is 0 Å². The Morgan fingerprint density at radius 2 is 2.25 bits per heavy atom. The topological polar surface area (TPSA) is 99.0 Å². The summed E-state index contributed by atoms with van der Waals surface area (Å²) >= 11 is 0.